The maximum absolute atomic E-state index is 13.8. The van der Waals surface area contributed by atoms with Crippen LogP contribution in [0.25, 0.3) is 5.69 Å². The number of benzene rings is 1. The molecule has 4 heteroatoms. The first-order valence-electron chi connectivity index (χ1n) is 13.5. The van der Waals surface area contributed by atoms with E-state index in [9.17, 15) is 4.79 Å². The minimum absolute atomic E-state index is 0.108. The van der Waals surface area contributed by atoms with Gasteiger partial charge in [0.1, 0.15) is 0 Å². The smallest absolute Gasteiger partial charge is 0.255 e. The number of carbonyl (C=O) groups excluding carboxylic acids is 1. The molecule has 6 fully saturated rings. The third-order valence-electron chi connectivity index (χ3n) is 10.3. The highest BCUT2D eigenvalue weighted by atomic mass is 16.1. The molecule has 0 radical (unpaired) electrons. The predicted molar refractivity (Wildman–Crippen MR) is 129 cm³/mol. The summed E-state index contributed by atoms with van der Waals surface area (Å²) in [6.45, 7) is 2.25. The van der Waals surface area contributed by atoms with Crippen molar-refractivity contribution in [2.45, 2.75) is 82.6 Å². The fraction of sp³-hybridized carbons (Fsp3) is 0.655. The molecule has 0 spiro atoms. The van der Waals surface area contributed by atoms with Gasteiger partial charge in [-0.2, -0.15) is 5.10 Å². The molecule has 1 heterocycles. The van der Waals surface area contributed by atoms with Gasteiger partial charge in [-0.05, 0) is 112 Å². The molecule has 6 bridgehead atoms. The number of fused-ring (bicyclic) bond motifs is 2. The summed E-state index contributed by atoms with van der Waals surface area (Å²) in [5.74, 6) is 4.99. The maximum atomic E-state index is 13.8. The minimum Gasteiger partial charge on any atom is -0.349 e. The number of hydrogen-bond donors (Lipinski definition) is 1. The Labute approximate surface area is 197 Å². The molecule has 6 aliphatic carbocycles. The third kappa shape index (κ3) is 3.31. The largest absolute Gasteiger partial charge is 0.349 e. The summed E-state index contributed by atoms with van der Waals surface area (Å²) < 4.78 is 1.98. The number of carbonyl (C=O) groups is 1. The second kappa shape index (κ2) is 7.45. The van der Waals surface area contributed by atoms with Crippen LogP contribution in [0, 0.1) is 35.5 Å². The van der Waals surface area contributed by atoms with Crippen molar-refractivity contribution in [3.8, 4) is 5.69 Å². The lowest BCUT2D eigenvalue weighted by molar-refractivity contribution is -0.00772. The van der Waals surface area contributed by atoms with Crippen LogP contribution in [0.2, 0.25) is 0 Å². The monoisotopic (exact) mass is 443 g/mol. The van der Waals surface area contributed by atoms with Gasteiger partial charge in [0.05, 0.1) is 16.9 Å². The van der Waals surface area contributed by atoms with Gasteiger partial charge in [0.25, 0.3) is 5.91 Å². The van der Waals surface area contributed by atoms with Gasteiger partial charge >= 0.3 is 0 Å². The molecule has 1 amide bonds. The zero-order valence-corrected chi connectivity index (χ0v) is 19.9. The molecule has 6 aliphatic rings. The molecule has 6 saturated carbocycles. The number of nitrogens with zero attached hydrogens (tertiary/aromatic N) is 2. The molecule has 1 aromatic heterocycles. The van der Waals surface area contributed by atoms with Gasteiger partial charge in [-0.15, -0.1) is 0 Å². The van der Waals surface area contributed by atoms with Crippen molar-refractivity contribution < 1.29 is 4.79 Å². The summed E-state index contributed by atoms with van der Waals surface area (Å²) in [6.07, 6.45) is 15.4. The number of hydrogen-bond acceptors (Lipinski definition) is 2. The molecular weight excluding hydrogens is 406 g/mol. The Morgan fingerprint density at radius 1 is 0.970 bits per heavy atom. The first kappa shape index (κ1) is 20.3. The van der Waals surface area contributed by atoms with Gasteiger partial charge in [-0.1, -0.05) is 24.6 Å². The quantitative estimate of drug-likeness (QED) is 0.626. The van der Waals surface area contributed by atoms with E-state index in [1.54, 1.807) is 0 Å². The van der Waals surface area contributed by atoms with Gasteiger partial charge in [-0.25, -0.2) is 4.68 Å². The van der Waals surface area contributed by atoms with Crippen LogP contribution in [-0.2, 0) is 5.41 Å². The van der Waals surface area contributed by atoms with Gasteiger partial charge in [-0.3, -0.25) is 4.79 Å². The van der Waals surface area contributed by atoms with Crippen molar-refractivity contribution in [3.05, 3.63) is 47.8 Å². The molecule has 2 aromatic rings. The lowest BCUT2D eigenvalue weighted by Gasteiger charge is -2.56. The number of nitrogens with one attached hydrogen (secondary N) is 1. The van der Waals surface area contributed by atoms with Crippen molar-refractivity contribution in [2.75, 3.05) is 0 Å². The van der Waals surface area contributed by atoms with Crippen molar-refractivity contribution >= 4 is 5.91 Å². The number of para-hydroxylation sites is 1. The Balaban J connectivity index is 1.23. The van der Waals surface area contributed by atoms with Crippen molar-refractivity contribution in [1.82, 2.24) is 15.1 Å². The normalized spacial score (nSPS) is 39.2. The highest BCUT2D eigenvalue weighted by Gasteiger charge is 2.54. The van der Waals surface area contributed by atoms with E-state index in [2.05, 4.69) is 36.5 Å². The van der Waals surface area contributed by atoms with Crippen LogP contribution in [0.4, 0.5) is 0 Å². The van der Waals surface area contributed by atoms with Crippen LogP contribution in [0.3, 0.4) is 0 Å². The molecule has 0 aliphatic heterocycles. The van der Waals surface area contributed by atoms with Crippen LogP contribution >= 0.6 is 0 Å². The van der Waals surface area contributed by atoms with Crippen molar-refractivity contribution in [3.63, 3.8) is 0 Å². The highest BCUT2D eigenvalue weighted by molar-refractivity contribution is 5.95. The number of rotatable bonds is 5. The summed E-state index contributed by atoms with van der Waals surface area (Å²) in [7, 11) is 0. The molecule has 0 saturated heterocycles. The zero-order valence-electron chi connectivity index (χ0n) is 19.9. The van der Waals surface area contributed by atoms with Crippen LogP contribution < -0.4 is 5.32 Å². The SMILES string of the molecule is CC(NC(=O)c1cn(-c2ccccc2)nc1C12CC3CC(CC(C3)C1)C2)C1CC2CCC1C2. The first-order chi connectivity index (χ1) is 16.1. The molecule has 4 atom stereocenters. The second-order valence-electron chi connectivity index (χ2n) is 12.5. The average Bonchev–Trinajstić information content (AvgIpc) is 3.55. The lowest BCUT2D eigenvalue weighted by atomic mass is 9.48. The standard InChI is InChI=1S/C29H37N3O/c1-18(25-13-19-7-8-23(25)12-19)30-28(33)26-17-32(24-5-3-2-4-6-24)31-27(26)29-14-20-9-21(15-29)11-22(10-20)16-29/h2-6,17-23,25H,7-16H2,1H3,(H,30,33). The first-order valence-corrected chi connectivity index (χ1v) is 13.5. The van der Waals surface area contributed by atoms with E-state index in [-0.39, 0.29) is 17.4 Å². The summed E-state index contributed by atoms with van der Waals surface area (Å²) in [6, 6.07) is 10.6. The Bertz CT molecular complexity index is 1020. The van der Waals surface area contributed by atoms with E-state index in [1.807, 2.05) is 16.9 Å². The molecule has 174 valence electrons. The maximum Gasteiger partial charge on any atom is 0.255 e. The average molecular weight is 444 g/mol. The molecule has 8 rings (SSSR count). The van der Waals surface area contributed by atoms with E-state index in [4.69, 9.17) is 5.10 Å². The van der Waals surface area contributed by atoms with E-state index >= 15 is 0 Å². The van der Waals surface area contributed by atoms with Crippen LogP contribution in [-0.4, -0.2) is 21.7 Å². The van der Waals surface area contributed by atoms with E-state index in [0.29, 0.717) is 5.92 Å². The Morgan fingerprint density at radius 3 is 2.27 bits per heavy atom. The van der Waals surface area contributed by atoms with Gasteiger partial charge in [0.2, 0.25) is 0 Å². The van der Waals surface area contributed by atoms with Crippen molar-refractivity contribution in [2.24, 2.45) is 35.5 Å². The molecule has 4 nitrogen and oxygen atoms in total. The fourth-order valence-electron chi connectivity index (χ4n) is 9.34. The minimum atomic E-state index is 0.108. The Hall–Kier alpha value is -2.10. The molecular formula is C29H37N3O. The number of aromatic nitrogens is 2. The summed E-state index contributed by atoms with van der Waals surface area (Å²) in [5, 5.41) is 8.66. The summed E-state index contributed by atoms with van der Waals surface area (Å²) >= 11 is 0. The lowest BCUT2D eigenvalue weighted by Crippen LogP contribution is -2.49. The fourth-order valence-corrected chi connectivity index (χ4v) is 9.34. The van der Waals surface area contributed by atoms with Gasteiger partial charge in [0.15, 0.2) is 0 Å². The van der Waals surface area contributed by atoms with E-state index in [0.717, 1.165) is 46.5 Å². The topological polar surface area (TPSA) is 46.9 Å². The molecule has 33 heavy (non-hydrogen) atoms. The molecule has 1 aromatic carbocycles. The Kier molecular flexibility index (Phi) is 4.58. The second-order valence-corrected chi connectivity index (χ2v) is 12.5. The molecule has 1 N–H and O–H groups in total. The van der Waals surface area contributed by atoms with Crippen LogP contribution in [0.1, 0.15) is 87.2 Å². The van der Waals surface area contributed by atoms with Gasteiger partial charge < -0.3 is 5.32 Å². The predicted octanol–water partition coefficient (Wildman–Crippen LogP) is 5.89. The highest BCUT2D eigenvalue weighted by Crippen LogP contribution is 2.61. The zero-order chi connectivity index (χ0) is 22.2. The number of amides is 1. The van der Waals surface area contributed by atoms with E-state index < -0.39 is 0 Å². The van der Waals surface area contributed by atoms with E-state index in [1.165, 1.54) is 64.2 Å². The van der Waals surface area contributed by atoms with Crippen LogP contribution in [0.5, 0.6) is 0 Å². The summed E-state index contributed by atoms with van der Waals surface area (Å²) in [4.78, 5) is 13.8. The Morgan fingerprint density at radius 2 is 1.67 bits per heavy atom. The summed E-state index contributed by atoms with van der Waals surface area (Å²) in [5.41, 5.74) is 3.10. The van der Waals surface area contributed by atoms with Crippen molar-refractivity contribution in [1.29, 1.82) is 0 Å². The third-order valence-corrected chi connectivity index (χ3v) is 10.3. The molecule has 4 unspecified atom stereocenters. The van der Waals surface area contributed by atoms with Crippen LogP contribution in [0.15, 0.2) is 36.5 Å². The van der Waals surface area contributed by atoms with Gasteiger partial charge in [0, 0.05) is 17.7 Å².